The molecular weight excluding hydrogens is 322 g/mol. The van der Waals surface area contributed by atoms with Gasteiger partial charge in [0.15, 0.2) is 0 Å². The van der Waals surface area contributed by atoms with Gasteiger partial charge in [-0.15, -0.1) is 0 Å². The van der Waals surface area contributed by atoms with E-state index in [-0.39, 0.29) is 11.8 Å². The summed E-state index contributed by atoms with van der Waals surface area (Å²) in [5, 5.41) is 3.59. The molecule has 4 rings (SSSR count). The molecule has 2 aliphatic rings. The third kappa shape index (κ3) is 3.13. The second-order valence-corrected chi connectivity index (χ2v) is 7.08. The molecule has 1 aliphatic heterocycles. The zero-order valence-electron chi connectivity index (χ0n) is 13.4. The zero-order chi connectivity index (χ0) is 16.5. The molecule has 0 bridgehead atoms. The summed E-state index contributed by atoms with van der Waals surface area (Å²) in [6, 6.07) is 13.7. The molecule has 0 aromatic heterocycles. The number of carbonyl (C=O) groups excluding carboxylic acids is 1. The first-order valence-corrected chi connectivity index (χ1v) is 8.93. The van der Waals surface area contributed by atoms with Crippen LogP contribution < -0.4 is 10.1 Å². The molecule has 1 amide bonds. The van der Waals surface area contributed by atoms with Crippen LogP contribution >= 0.6 is 11.6 Å². The van der Waals surface area contributed by atoms with Gasteiger partial charge in [0.1, 0.15) is 5.75 Å². The van der Waals surface area contributed by atoms with E-state index in [9.17, 15) is 4.79 Å². The van der Waals surface area contributed by atoms with Gasteiger partial charge >= 0.3 is 0 Å². The Balaban J connectivity index is 1.47. The summed E-state index contributed by atoms with van der Waals surface area (Å²) in [6.45, 7) is 0. The Bertz CT molecular complexity index is 751. The van der Waals surface area contributed by atoms with Crippen molar-refractivity contribution in [2.75, 3.05) is 5.32 Å². The SMILES string of the molecule is O=C1Nc2ccc(Cl)cc2C1Cc1ccc(OC2CCCC2)cc1. The highest BCUT2D eigenvalue weighted by molar-refractivity contribution is 6.31. The molecule has 2 aromatic carbocycles. The summed E-state index contributed by atoms with van der Waals surface area (Å²) < 4.78 is 6.00. The number of nitrogens with one attached hydrogen (secondary N) is 1. The van der Waals surface area contributed by atoms with Gasteiger partial charge < -0.3 is 10.1 Å². The van der Waals surface area contributed by atoms with Crippen molar-refractivity contribution in [1.29, 1.82) is 0 Å². The fraction of sp³-hybridized carbons (Fsp3) is 0.350. The van der Waals surface area contributed by atoms with Crippen LogP contribution in [0.1, 0.15) is 42.7 Å². The Labute approximate surface area is 147 Å². The van der Waals surface area contributed by atoms with Crippen molar-refractivity contribution in [3.05, 3.63) is 58.6 Å². The summed E-state index contributed by atoms with van der Waals surface area (Å²) in [5.74, 6) is 0.781. The minimum Gasteiger partial charge on any atom is -0.490 e. The van der Waals surface area contributed by atoms with Crippen molar-refractivity contribution >= 4 is 23.2 Å². The van der Waals surface area contributed by atoms with E-state index in [0.29, 0.717) is 17.5 Å². The summed E-state index contributed by atoms with van der Waals surface area (Å²) in [5.41, 5.74) is 2.98. The van der Waals surface area contributed by atoms with E-state index in [0.717, 1.165) is 35.4 Å². The average molecular weight is 342 g/mol. The molecule has 1 aliphatic carbocycles. The van der Waals surface area contributed by atoms with E-state index in [4.69, 9.17) is 16.3 Å². The minimum atomic E-state index is -0.180. The van der Waals surface area contributed by atoms with Crippen LogP contribution in [0.2, 0.25) is 5.02 Å². The Morgan fingerprint density at radius 3 is 2.58 bits per heavy atom. The van der Waals surface area contributed by atoms with Gasteiger partial charge in [0.05, 0.1) is 12.0 Å². The average Bonchev–Trinajstić information content (AvgIpc) is 3.18. The van der Waals surface area contributed by atoms with Crippen LogP contribution in [0.25, 0.3) is 0 Å². The number of hydrogen-bond acceptors (Lipinski definition) is 2. The van der Waals surface area contributed by atoms with Crippen LogP contribution in [-0.4, -0.2) is 12.0 Å². The molecule has 2 aromatic rings. The zero-order valence-corrected chi connectivity index (χ0v) is 14.2. The number of rotatable bonds is 4. The van der Waals surface area contributed by atoms with Crippen LogP contribution in [0.15, 0.2) is 42.5 Å². The first-order valence-electron chi connectivity index (χ1n) is 8.55. The first kappa shape index (κ1) is 15.5. The molecule has 0 spiro atoms. The molecule has 24 heavy (non-hydrogen) atoms. The van der Waals surface area contributed by atoms with Gasteiger partial charge in [0, 0.05) is 10.7 Å². The predicted octanol–water partition coefficient (Wildman–Crippen LogP) is 4.94. The maximum Gasteiger partial charge on any atom is 0.232 e. The molecule has 3 nitrogen and oxygen atoms in total. The quantitative estimate of drug-likeness (QED) is 0.855. The fourth-order valence-electron chi connectivity index (χ4n) is 3.64. The highest BCUT2D eigenvalue weighted by atomic mass is 35.5. The van der Waals surface area contributed by atoms with Gasteiger partial charge in [-0.25, -0.2) is 0 Å². The molecule has 0 saturated heterocycles. The Morgan fingerprint density at radius 2 is 1.83 bits per heavy atom. The highest BCUT2D eigenvalue weighted by Gasteiger charge is 2.30. The lowest BCUT2D eigenvalue weighted by Gasteiger charge is -2.14. The molecule has 1 atom stereocenters. The molecule has 1 unspecified atom stereocenters. The lowest BCUT2D eigenvalue weighted by molar-refractivity contribution is -0.117. The lowest BCUT2D eigenvalue weighted by Crippen LogP contribution is -2.14. The van der Waals surface area contributed by atoms with E-state index in [1.165, 1.54) is 12.8 Å². The standard InChI is InChI=1S/C20H20ClNO2/c21-14-7-10-19-17(12-14)18(20(23)22-19)11-13-5-8-16(9-6-13)24-15-3-1-2-4-15/h5-10,12,15,18H,1-4,11H2,(H,22,23). The smallest absolute Gasteiger partial charge is 0.232 e. The molecule has 1 heterocycles. The van der Waals surface area contributed by atoms with Crippen LogP contribution in [0.3, 0.4) is 0 Å². The minimum absolute atomic E-state index is 0.0403. The van der Waals surface area contributed by atoms with Gasteiger partial charge in [0.2, 0.25) is 5.91 Å². The van der Waals surface area contributed by atoms with Crippen molar-refractivity contribution in [2.24, 2.45) is 0 Å². The van der Waals surface area contributed by atoms with Gasteiger partial charge in [-0.3, -0.25) is 4.79 Å². The van der Waals surface area contributed by atoms with Crippen LogP contribution in [0.5, 0.6) is 5.75 Å². The van der Waals surface area contributed by atoms with Gasteiger partial charge in [-0.2, -0.15) is 0 Å². The molecule has 4 heteroatoms. The van der Waals surface area contributed by atoms with Crippen molar-refractivity contribution in [3.63, 3.8) is 0 Å². The number of fused-ring (bicyclic) bond motifs is 1. The molecule has 1 N–H and O–H groups in total. The summed E-state index contributed by atoms with van der Waals surface area (Å²) in [4.78, 5) is 12.3. The Kier molecular flexibility index (Phi) is 4.19. The number of halogens is 1. The van der Waals surface area contributed by atoms with Crippen LogP contribution in [-0.2, 0) is 11.2 Å². The number of benzene rings is 2. The molecule has 0 radical (unpaired) electrons. The molecule has 124 valence electrons. The number of carbonyl (C=O) groups is 1. The van der Waals surface area contributed by atoms with Crippen LogP contribution in [0, 0.1) is 0 Å². The van der Waals surface area contributed by atoms with Gasteiger partial charge in [-0.05, 0) is 73.6 Å². The van der Waals surface area contributed by atoms with E-state index in [1.807, 2.05) is 24.3 Å². The third-order valence-electron chi connectivity index (χ3n) is 4.93. The normalized spacial score (nSPS) is 20.0. The van der Waals surface area contributed by atoms with Crippen molar-refractivity contribution < 1.29 is 9.53 Å². The van der Waals surface area contributed by atoms with Crippen molar-refractivity contribution in [3.8, 4) is 5.75 Å². The summed E-state index contributed by atoms with van der Waals surface area (Å²) in [6.07, 6.45) is 5.88. The third-order valence-corrected chi connectivity index (χ3v) is 5.17. The molecule has 1 fully saturated rings. The predicted molar refractivity (Wildman–Crippen MR) is 95.9 cm³/mol. The second-order valence-electron chi connectivity index (χ2n) is 6.65. The van der Waals surface area contributed by atoms with E-state index in [2.05, 4.69) is 17.4 Å². The second kappa shape index (κ2) is 6.48. The maximum atomic E-state index is 12.3. The van der Waals surface area contributed by atoms with Crippen molar-refractivity contribution in [2.45, 2.75) is 44.1 Å². The topological polar surface area (TPSA) is 38.3 Å². The largest absolute Gasteiger partial charge is 0.490 e. The lowest BCUT2D eigenvalue weighted by atomic mass is 9.93. The Hall–Kier alpha value is -2.00. The first-order chi connectivity index (χ1) is 11.7. The van der Waals surface area contributed by atoms with E-state index >= 15 is 0 Å². The Morgan fingerprint density at radius 1 is 1.08 bits per heavy atom. The molecular formula is C20H20ClNO2. The van der Waals surface area contributed by atoms with Gasteiger partial charge in [-0.1, -0.05) is 23.7 Å². The van der Waals surface area contributed by atoms with Gasteiger partial charge in [0.25, 0.3) is 0 Å². The van der Waals surface area contributed by atoms with Crippen LogP contribution in [0.4, 0.5) is 5.69 Å². The fourth-order valence-corrected chi connectivity index (χ4v) is 3.82. The monoisotopic (exact) mass is 341 g/mol. The van der Waals surface area contributed by atoms with E-state index in [1.54, 1.807) is 6.07 Å². The number of ether oxygens (including phenoxy) is 1. The number of hydrogen-bond donors (Lipinski definition) is 1. The highest BCUT2D eigenvalue weighted by Crippen LogP contribution is 2.36. The number of amides is 1. The molecule has 1 saturated carbocycles. The number of anilines is 1. The van der Waals surface area contributed by atoms with E-state index < -0.39 is 0 Å². The summed E-state index contributed by atoms with van der Waals surface area (Å²) >= 11 is 6.09. The summed E-state index contributed by atoms with van der Waals surface area (Å²) in [7, 11) is 0. The maximum absolute atomic E-state index is 12.3. The van der Waals surface area contributed by atoms with Crippen molar-refractivity contribution in [1.82, 2.24) is 0 Å².